The first-order chi connectivity index (χ1) is 9.63. The SMILES string of the molecule is NC(=O)c1cc(N)ccc1Sc1nc2ccccc2s1. The summed E-state index contributed by atoms with van der Waals surface area (Å²) in [7, 11) is 0. The van der Waals surface area contributed by atoms with Crippen molar-refractivity contribution in [2.24, 2.45) is 5.73 Å². The van der Waals surface area contributed by atoms with E-state index < -0.39 is 5.91 Å². The molecule has 0 unspecified atom stereocenters. The number of nitrogens with two attached hydrogens (primary N) is 2. The topological polar surface area (TPSA) is 82.0 Å². The van der Waals surface area contributed by atoms with Gasteiger partial charge in [-0.2, -0.15) is 0 Å². The number of hydrogen-bond donors (Lipinski definition) is 2. The van der Waals surface area contributed by atoms with Crippen molar-refractivity contribution in [1.29, 1.82) is 0 Å². The third-order valence-electron chi connectivity index (χ3n) is 2.74. The van der Waals surface area contributed by atoms with E-state index in [9.17, 15) is 4.79 Å². The van der Waals surface area contributed by atoms with Crippen LogP contribution in [0.3, 0.4) is 0 Å². The highest BCUT2D eigenvalue weighted by Gasteiger charge is 2.12. The molecule has 1 amide bonds. The number of anilines is 1. The molecule has 0 fully saturated rings. The van der Waals surface area contributed by atoms with Gasteiger partial charge in [0.2, 0.25) is 5.91 Å². The van der Waals surface area contributed by atoms with E-state index in [0.29, 0.717) is 11.3 Å². The molecule has 4 nitrogen and oxygen atoms in total. The summed E-state index contributed by atoms with van der Waals surface area (Å²) >= 11 is 3.01. The number of nitrogen functional groups attached to an aromatic ring is 1. The van der Waals surface area contributed by atoms with Crippen molar-refractivity contribution in [1.82, 2.24) is 4.98 Å². The highest BCUT2D eigenvalue weighted by molar-refractivity contribution is 8.01. The van der Waals surface area contributed by atoms with Crippen molar-refractivity contribution < 1.29 is 4.79 Å². The van der Waals surface area contributed by atoms with Crippen molar-refractivity contribution in [2.45, 2.75) is 9.24 Å². The number of aromatic nitrogens is 1. The Kier molecular flexibility index (Phi) is 3.33. The molecule has 6 heteroatoms. The van der Waals surface area contributed by atoms with Gasteiger partial charge in [0.15, 0.2) is 4.34 Å². The van der Waals surface area contributed by atoms with E-state index in [1.807, 2.05) is 24.3 Å². The summed E-state index contributed by atoms with van der Waals surface area (Å²) in [5, 5.41) is 0. The van der Waals surface area contributed by atoms with Crippen molar-refractivity contribution in [3.05, 3.63) is 48.0 Å². The molecule has 4 N–H and O–H groups in total. The number of fused-ring (bicyclic) bond motifs is 1. The number of thiazole rings is 1. The average molecular weight is 301 g/mol. The lowest BCUT2D eigenvalue weighted by atomic mass is 10.2. The van der Waals surface area contributed by atoms with Gasteiger partial charge in [0, 0.05) is 10.6 Å². The third kappa shape index (κ3) is 2.48. The van der Waals surface area contributed by atoms with Crippen LogP contribution in [0.1, 0.15) is 10.4 Å². The fourth-order valence-electron chi connectivity index (χ4n) is 1.82. The second-order valence-corrected chi connectivity index (χ2v) is 6.49. The van der Waals surface area contributed by atoms with E-state index >= 15 is 0 Å². The van der Waals surface area contributed by atoms with Crippen LogP contribution in [0, 0.1) is 0 Å². The fraction of sp³-hybridized carbons (Fsp3) is 0. The lowest BCUT2D eigenvalue weighted by molar-refractivity contribution is 0.0997. The van der Waals surface area contributed by atoms with Crippen LogP contribution >= 0.6 is 23.1 Å². The molecule has 100 valence electrons. The number of hydrogen-bond acceptors (Lipinski definition) is 5. The maximum Gasteiger partial charge on any atom is 0.249 e. The van der Waals surface area contributed by atoms with Gasteiger partial charge in [0.05, 0.1) is 15.8 Å². The van der Waals surface area contributed by atoms with Crippen LogP contribution in [0.4, 0.5) is 5.69 Å². The minimum atomic E-state index is -0.485. The van der Waals surface area contributed by atoms with Crippen LogP contribution in [-0.2, 0) is 0 Å². The standard InChI is InChI=1S/C14H11N3OS2/c15-8-5-6-11(9(7-8)13(16)18)19-14-17-10-3-1-2-4-12(10)20-14/h1-7H,15H2,(H2,16,18). The first kappa shape index (κ1) is 13.0. The van der Waals surface area contributed by atoms with Gasteiger partial charge in [-0.15, -0.1) is 11.3 Å². The lowest BCUT2D eigenvalue weighted by Crippen LogP contribution is -2.12. The van der Waals surface area contributed by atoms with E-state index in [0.717, 1.165) is 19.5 Å². The predicted octanol–water partition coefficient (Wildman–Crippen LogP) is 3.13. The molecule has 3 rings (SSSR count). The molecule has 0 bridgehead atoms. The molecule has 0 aliphatic carbocycles. The second kappa shape index (κ2) is 5.15. The summed E-state index contributed by atoms with van der Waals surface area (Å²) in [4.78, 5) is 16.8. The molecule has 0 radical (unpaired) electrons. The fourth-order valence-corrected chi connectivity index (χ4v) is 3.96. The van der Waals surface area contributed by atoms with Gasteiger partial charge < -0.3 is 11.5 Å². The molecule has 20 heavy (non-hydrogen) atoms. The highest BCUT2D eigenvalue weighted by Crippen LogP contribution is 2.36. The Bertz CT molecular complexity index is 765. The van der Waals surface area contributed by atoms with Crippen LogP contribution in [0.5, 0.6) is 0 Å². The molecule has 0 atom stereocenters. The molecule has 1 aromatic heterocycles. The first-order valence-corrected chi connectivity index (χ1v) is 7.49. The summed E-state index contributed by atoms with van der Waals surface area (Å²) in [6.07, 6.45) is 0. The minimum Gasteiger partial charge on any atom is -0.399 e. The van der Waals surface area contributed by atoms with Crippen molar-refractivity contribution in [3.8, 4) is 0 Å². The van der Waals surface area contributed by atoms with Crippen LogP contribution in [-0.4, -0.2) is 10.9 Å². The second-order valence-electron chi connectivity index (χ2n) is 4.17. The number of nitrogens with zero attached hydrogens (tertiary/aromatic N) is 1. The summed E-state index contributed by atoms with van der Waals surface area (Å²) in [5.41, 5.74) is 13.0. The third-order valence-corrected chi connectivity index (χ3v) is 4.91. The number of carbonyl (C=O) groups is 1. The Hall–Kier alpha value is -2.05. The number of benzene rings is 2. The zero-order chi connectivity index (χ0) is 14.1. The molecule has 2 aromatic carbocycles. The Labute approximate surface area is 123 Å². The van der Waals surface area contributed by atoms with Crippen molar-refractivity contribution >= 4 is 44.9 Å². The molecular weight excluding hydrogens is 290 g/mol. The van der Waals surface area contributed by atoms with Crippen molar-refractivity contribution in [3.63, 3.8) is 0 Å². The van der Waals surface area contributed by atoms with Gasteiger partial charge in [0.1, 0.15) is 0 Å². The Morgan fingerprint density at radius 2 is 2.00 bits per heavy atom. The number of para-hydroxylation sites is 1. The monoisotopic (exact) mass is 301 g/mol. The summed E-state index contributed by atoms with van der Waals surface area (Å²) in [6, 6.07) is 13.1. The lowest BCUT2D eigenvalue weighted by Gasteiger charge is -2.05. The Morgan fingerprint density at radius 3 is 2.75 bits per heavy atom. The highest BCUT2D eigenvalue weighted by atomic mass is 32.2. The number of primary amides is 1. The van der Waals surface area contributed by atoms with Gasteiger partial charge in [-0.05, 0) is 30.3 Å². The quantitative estimate of drug-likeness (QED) is 0.728. The molecule has 0 aliphatic rings. The van der Waals surface area contributed by atoms with E-state index in [2.05, 4.69) is 4.98 Å². The van der Waals surface area contributed by atoms with Gasteiger partial charge in [0.25, 0.3) is 0 Å². The average Bonchev–Trinajstić information content (AvgIpc) is 2.82. The van der Waals surface area contributed by atoms with Gasteiger partial charge in [-0.3, -0.25) is 4.79 Å². The summed E-state index contributed by atoms with van der Waals surface area (Å²) in [5.74, 6) is -0.485. The number of rotatable bonds is 3. The maximum atomic E-state index is 11.5. The van der Waals surface area contributed by atoms with Crippen LogP contribution in [0.15, 0.2) is 51.7 Å². The van der Waals surface area contributed by atoms with Gasteiger partial charge >= 0.3 is 0 Å². The molecule has 0 saturated heterocycles. The molecule has 1 heterocycles. The number of carbonyl (C=O) groups excluding carboxylic acids is 1. The van der Waals surface area contributed by atoms with E-state index in [1.165, 1.54) is 11.8 Å². The molecule has 0 saturated carbocycles. The summed E-state index contributed by atoms with van der Waals surface area (Å²) < 4.78 is 1.99. The van der Waals surface area contributed by atoms with Crippen LogP contribution in [0.2, 0.25) is 0 Å². The zero-order valence-electron chi connectivity index (χ0n) is 10.4. The van der Waals surface area contributed by atoms with Gasteiger partial charge in [-0.25, -0.2) is 4.98 Å². The Morgan fingerprint density at radius 1 is 1.20 bits per heavy atom. The molecule has 3 aromatic rings. The molecular formula is C14H11N3OS2. The van der Waals surface area contributed by atoms with E-state index in [1.54, 1.807) is 29.5 Å². The molecule has 0 aliphatic heterocycles. The van der Waals surface area contributed by atoms with Crippen LogP contribution in [0.25, 0.3) is 10.2 Å². The first-order valence-electron chi connectivity index (χ1n) is 5.86. The molecule has 0 spiro atoms. The smallest absolute Gasteiger partial charge is 0.249 e. The summed E-state index contributed by atoms with van der Waals surface area (Å²) in [6.45, 7) is 0. The Balaban J connectivity index is 2.00. The minimum absolute atomic E-state index is 0.425. The van der Waals surface area contributed by atoms with Crippen LogP contribution < -0.4 is 11.5 Å². The number of amides is 1. The van der Waals surface area contributed by atoms with E-state index in [4.69, 9.17) is 11.5 Å². The largest absolute Gasteiger partial charge is 0.399 e. The normalized spacial score (nSPS) is 10.8. The zero-order valence-corrected chi connectivity index (χ0v) is 12.0. The van der Waals surface area contributed by atoms with E-state index in [-0.39, 0.29) is 0 Å². The van der Waals surface area contributed by atoms with Gasteiger partial charge in [-0.1, -0.05) is 23.9 Å². The van der Waals surface area contributed by atoms with Crippen molar-refractivity contribution in [2.75, 3.05) is 5.73 Å². The maximum absolute atomic E-state index is 11.5. The predicted molar refractivity (Wildman–Crippen MR) is 83.1 cm³/mol.